The number of amides is 1. The molecular weight excluding hydrogens is 442 g/mol. The molecule has 6 heterocycles. The van der Waals surface area contributed by atoms with Gasteiger partial charge in [-0.1, -0.05) is 6.07 Å². The molecule has 10 nitrogen and oxygen atoms in total. The number of fused-ring (bicyclic) bond motifs is 1. The van der Waals surface area contributed by atoms with Gasteiger partial charge in [-0.2, -0.15) is 5.10 Å². The van der Waals surface area contributed by atoms with Crippen molar-refractivity contribution in [2.24, 2.45) is 5.73 Å². The van der Waals surface area contributed by atoms with Gasteiger partial charge < -0.3 is 15.5 Å². The van der Waals surface area contributed by atoms with E-state index in [-0.39, 0.29) is 30.1 Å². The first-order valence-corrected chi connectivity index (χ1v) is 12.7. The third kappa shape index (κ3) is 4.26. The molecular formula is C25H33N9O. The van der Waals surface area contributed by atoms with Gasteiger partial charge in [-0.05, 0) is 51.2 Å². The summed E-state index contributed by atoms with van der Waals surface area (Å²) in [6.45, 7) is 4.57. The number of carbonyl (C=O) groups is 1. The number of rotatable bonds is 4. The first-order valence-electron chi connectivity index (χ1n) is 12.7. The van der Waals surface area contributed by atoms with Crippen LogP contribution in [0.5, 0.6) is 0 Å². The molecule has 1 amide bonds. The van der Waals surface area contributed by atoms with Gasteiger partial charge in [0.1, 0.15) is 11.9 Å². The number of likely N-dealkylation sites (tertiary alicyclic amines) is 1. The quantitative estimate of drug-likeness (QED) is 0.521. The van der Waals surface area contributed by atoms with Gasteiger partial charge in [-0.3, -0.25) is 9.78 Å². The van der Waals surface area contributed by atoms with E-state index in [9.17, 15) is 4.79 Å². The molecule has 0 spiro atoms. The average molecular weight is 476 g/mol. The second-order valence-corrected chi connectivity index (χ2v) is 10.0. The molecule has 10 heteroatoms. The molecule has 184 valence electrons. The van der Waals surface area contributed by atoms with E-state index >= 15 is 0 Å². The van der Waals surface area contributed by atoms with E-state index in [2.05, 4.69) is 27.7 Å². The van der Waals surface area contributed by atoms with Crippen molar-refractivity contribution in [3.8, 4) is 0 Å². The zero-order valence-corrected chi connectivity index (χ0v) is 20.1. The Balaban J connectivity index is 1.23. The second-order valence-electron chi connectivity index (χ2n) is 10.0. The van der Waals surface area contributed by atoms with Crippen LogP contribution in [0.15, 0.2) is 36.7 Å². The highest BCUT2D eigenvalue weighted by Crippen LogP contribution is 2.33. The normalized spacial score (nSPS) is 27.1. The Morgan fingerprint density at radius 1 is 1.14 bits per heavy atom. The van der Waals surface area contributed by atoms with Crippen molar-refractivity contribution in [2.75, 3.05) is 24.5 Å². The highest BCUT2D eigenvalue weighted by molar-refractivity contribution is 5.82. The first-order chi connectivity index (χ1) is 17.1. The summed E-state index contributed by atoms with van der Waals surface area (Å²) in [7, 11) is 0. The van der Waals surface area contributed by atoms with Gasteiger partial charge in [0.2, 0.25) is 5.91 Å². The number of pyridine rings is 1. The van der Waals surface area contributed by atoms with E-state index in [0.29, 0.717) is 6.42 Å². The predicted octanol–water partition coefficient (Wildman–Crippen LogP) is 1.63. The van der Waals surface area contributed by atoms with Gasteiger partial charge in [0.05, 0.1) is 23.5 Å². The minimum Gasteiger partial charge on any atom is -0.355 e. The summed E-state index contributed by atoms with van der Waals surface area (Å²) < 4.78 is 1.86. The average Bonchev–Trinajstić information content (AvgIpc) is 3.63. The lowest BCUT2D eigenvalue weighted by atomic mass is 9.97. The number of hydrazine groups is 1. The molecule has 3 saturated heterocycles. The Labute approximate surface area is 204 Å². The van der Waals surface area contributed by atoms with E-state index in [0.717, 1.165) is 73.7 Å². The number of nitrogens with two attached hydrogens (primary N) is 1. The van der Waals surface area contributed by atoms with Crippen LogP contribution in [0.3, 0.4) is 0 Å². The lowest BCUT2D eigenvalue weighted by molar-refractivity contribution is -0.137. The van der Waals surface area contributed by atoms with Crippen molar-refractivity contribution in [3.05, 3.63) is 53.6 Å². The van der Waals surface area contributed by atoms with Gasteiger partial charge in [0, 0.05) is 49.7 Å². The van der Waals surface area contributed by atoms with Crippen LogP contribution in [0.4, 0.5) is 5.82 Å². The summed E-state index contributed by atoms with van der Waals surface area (Å²) in [5, 5.41) is 4.87. The van der Waals surface area contributed by atoms with E-state index in [4.69, 9.17) is 15.8 Å². The molecule has 0 bridgehead atoms. The van der Waals surface area contributed by atoms with Crippen LogP contribution in [-0.4, -0.2) is 62.1 Å². The molecule has 0 radical (unpaired) electrons. The topological polar surface area (TPSA) is 117 Å². The Bertz CT molecular complexity index is 1210. The molecule has 3 aliphatic heterocycles. The van der Waals surface area contributed by atoms with Gasteiger partial charge >= 0.3 is 0 Å². The molecule has 4 atom stereocenters. The fourth-order valence-electron chi connectivity index (χ4n) is 5.68. The second kappa shape index (κ2) is 9.18. The predicted molar refractivity (Wildman–Crippen MR) is 132 cm³/mol. The zero-order valence-electron chi connectivity index (χ0n) is 20.1. The maximum Gasteiger partial charge on any atom is 0.241 e. The Morgan fingerprint density at radius 3 is 2.86 bits per heavy atom. The zero-order chi connectivity index (χ0) is 23.9. The molecule has 3 aromatic heterocycles. The smallest absolute Gasteiger partial charge is 0.241 e. The summed E-state index contributed by atoms with van der Waals surface area (Å²) in [6.07, 6.45) is 8.49. The molecule has 0 saturated carbocycles. The summed E-state index contributed by atoms with van der Waals surface area (Å²) >= 11 is 0. The van der Waals surface area contributed by atoms with Gasteiger partial charge in [0.15, 0.2) is 5.65 Å². The number of carbonyl (C=O) groups excluding carboxylic acids is 1. The van der Waals surface area contributed by atoms with Crippen molar-refractivity contribution in [1.29, 1.82) is 0 Å². The van der Waals surface area contributed by atoms with Crippen LogP contribution in [0, 0.1) is 6.92 Å². The summed E-state index contributed by atoms with van der Waals surface area (Å²) in [6, 6.07) is 7.81. The summed E-state index contributed by atoms with van der Waals surface area (Å²) in [4.78, 5) is 27.3. The molecule has 6 rings (SSSR count). The third-order valence-electron chi connectivity index (χ3n) is 7.52. The SMILES string of the molecule is Cc1cn2nc([C@@H]3CCCCN3C(=O)C3CC(c4ccccn4)NN3)cc2nc1N1CC[C@H](N)C1. The molecule has 3 fully saturated rings. The number of piperidine rings is 1. The van der Waals surface area contributed by atoms with Gasteiger partial charge in [-0.25, -0.2) is 20.4 Å². The minimum atomic E-state index is -0.286. The third-order valence-corrected chi connectivity index (χ3v) is 7.52. The Kier molecular flexibility index (Phi) is 5.87. The monoisotopic (exact) mass is 475 g/mol. The van der Waals surface area contributed by atoms with Crippen LogP contribution >= 0.6 is 0 Å². The minimum absolute atomic E-state index is 0.0212. The summed E-state index contributed by atoms with van der Waals surface area (Å²) in [5.41, 5.74) is 16.4. The number of hydrogen-bond acceptors (Lipinski definition) is 8. The van der Waals surface area contributed by atoms with E-state index in [1.54, 1.807) is 6.20 Å². The van der Waals surface area contributed by atoms with Gasteiger partial charge in [-0.15, -0.1) is 0 Å². The van der Waals surface area contributed by atoms with Crippen LogP contribution in [-0.2, 0) is 4.79 Å². The maximum atomic E-state index is 13.6. The Morgan fingerprint density at radius 2 is 2.06 bits per heavy atom. The lowest BCUT2D eigenvalue weighted by Crippen LogP contribution is -2.48. The highest BCUT2D eigenvalue weighted by atomic mass is 16.2. The fourth-order valence-corrected chi connectivity index (χ4v) is 5.68. The number of aryl methyl sites for hydroxylation is 1. The number of hydrogen-bond donors (Lipinski definition) is 3. The molecule has 0 aromatic carbocycles. The lowest BCUT2D eigenvalue weighted by Gasteiger charge is -2.36. The number of anilines is 1. The number of nitrogens with zero attached hydrogens (tertiary/aromatic N) is 6. The van der Waals surface area contributed by atoms with E-state index in [1.165, 1.54) is 0 Å². The van der Waals surface area contributed by atoms with Crippen molar-refractivity contribution >= 4 is 17.4 Å². The van der Waals surface area contributed by atoms with Crippen LogP contribution in [0.25, 0.3) is 5.65 Å². The molecule has 2 unspecified atom stereocenters. The van der Waals surface area contributed by atoms with E-state index in [1.807, 2.05) is 39.9 Å². The van der Waals surface area contributed by atoms with Crippen molar-refractivity contribution in [3.63, 3.8) is 0 Å². The fraction of sp³-hybridized carbons (Fsp3) is 0.520. The van der Waals surface area contributed by atoms with Crippen LogP contribution in [0.2, 0.25) is 0 Å². The van der Waals surface area contributed by atoms with Crippen LogP contribution < -0.4 is 21.5 Å². The van der Waals surface area contributed by atoms with Crippen molar-refractivity contribution in [1.82, 2.24) is 35.3 Å². The number of aromatic nitrogens is 4. The largest absolute Gasteiger partial charge is 0.355 e. The van der Waals surface area contributed by atoms with Gasteiger partial charge in [0.25, 0.3) is 0 Å². The first kappa shape index (κ1) is 22.4. The van der Waals surface area contributed by atoms with Crippen molar-refractivity contribution in [2.45, 2.75) is 63.2 Å². The number of nitrogens with one attached hydrogen (secondary N) is 2. The standard InChI is InChI=1S/C25H33N9O/c1-16-14-34-23(28-24(16)32-11-8-17(26)15-32)13-20(31-34)22-7-3-5-10-33(22)25(35)21-12-19(29-30-21)18-6-2-4-9-27-18/h2,4,6,9,13-14,17,19,21-22,29-30H,3,5,7-8,10-12,15,26H2,1H3/t17-,19?,21?,22-/m0/s1. The van der Waals surface area contributed by atoms with Crippen molar-refractivity contribution < 1.29 is 4.79 Å². The molecule has 0 aliphatic carbocycles. The molecule has 35 heavy (non-hydrogen) atoms. The van der Waals surface area contributed by atoms with Crippen LogP contribution in [0.1, 0.15) is 61.1 Å². The maximum absolute atomic E-state index is 13.6. The molecule has 4 N–H and O–H groups in total. The Hall–Kier alpha value is -3.08. The van der Waals surface area contributed by atoms with E-state index < -0.39 is 0 Å². The molecule has 3 aromatic rings. The molecule has 3 aliphatic rings. The summed E-state index contributed by atoms with van der Waals surface area (Å²) in [5.74, 6) is 1.10. The highest BCUT2D eigenvalue weighted by Gasteiger charge is 2.38.